The third-order valence-corrected chi connectivity index (χ3v) is 3.39. The van der Waals surface area contributed by atoms with Gasteiger partial charge >= 0.3 is 6.18 Å². The van der Waals surface area contributed by atoms with E-state index in [9.17, 15) is 18.0 Å². The van der Waals surface area contributed by atoms with Crippen molar-refractivity contribution in [1.82, 2.24) is 14.9 Å². The number of carbonyl (C=O) groups is 1. The number of anilines is 1. The van der Waals surface area contributed by atoms with Gasteiger partial charge in [0.15, 0.2) is 0 Å². The molecule has 0 aliphatic carbocycles. The van der Waals surface area contributed by atoms with E-state index in [1.54, 1.807) is 9.80 Å². The van der Waals surface area contributed by atoms with E-state index < -0.39 is 12.0 Å². The van der Waals surface area contributed by atoms with Gasteiger partial charge in [-0.15, -0.1) is 0 Å². The molecule has 0 atom stereocenters. The molecule has 5 nitrogen and oxygen atoms in total. The summed E-state index contributed by atoms with van der Waals surface area (Å²) in [7, 11) is 0. The van der Waals surface area contributed by atoms with Crippen LogP contribution in [-0.4, -0.2) is 47.0 Å². The highest BCUT2D eigenvalue weighted by Crippen LogP contribution is 2.29. The molecular formula is C12H14ClF3N4O. The van der Waals surface area contributed by atoms with Crippen molar-refractivity contribution >= 4 is 23.3 Å². The number of rotatable bonds is 1. The number of halogens is 4. The molecule has 2 rings (SSSR count). The van der Waals surface area contributed by atoms with Gasteiger partial charge in [0.1, 0.15) is 11.0 Å². The minimum atomic E-state index is -4.64. The molecule has 0 unspecified atom stereocenters. The lowest BCUT2D eigenvalue weighted by molar-refractivity contribution is -0.144. The van der Waals surface area contributed by atoms with Crippen molar-refractivity contribution in [3.63, 3.8) is 0 Å². The van der Waals surface area contributed by atoms with Crippen LogP contribution >= 0.6 is 11.6 Å². The fourth-order valence-corrected chi connectivity index (χ4v) is 2.33. The zero-order valence-corrected chi connectivity index (χ0v) is 12.1. The van der Waals surface area contributed by atoms with Gasteiger partial charge in [0.25, 0.3) is 0 Å². The van der Waals surface area contributed by atoms with Gasteiger partial charge in [-0.2, -0.15) is 13.2 Å². The summed E-state index contributed by atoms with van der Waals surface area (Å²) in [6, 6.07) is 1.31. The van der Waals surface area contributed by atoms with E-state index in [-0.39, 0.29) is 16.9 Å². The van der Waals surface area contributed by atoms with Gasteiger partial charge in [-0.3, -0.25) is 4.79 Å². The largest absolute Gasteiger partial charge is 0.451 e. The monoisotopic (exact) mass is 322 g/mol. The molecule has 0 radical (unpaired) electrons. The molecule has 1 fully saturated rings. The summed E-state index contributed by atoms with van der Waals surface area (Å²) in [6.07, 6.45) is -3.99. The van der Waals surface area contributed by atoms with E-state index in [1.165, 1.54) is 13.0 Å². The van der Waals surface area contributed by atoms with Gasteiger partial charge in [-0.05, 0) is 6.42 Å². The number of hydrogen-bond acceptors (Lipinski definition) is 4. The van der Waals surface area contributed by atoms with Crippen molar-refractivity contribution in [2.45, 2.75) is 19.5 Å². The van der Waals surface area contributed by atoms with Crippen molar-refractivity contribution in [3.8, 4) is 0 Å². The van der Waals surface area contributed by atoms with Gasteiger partial charge in [0, 0.05) is 39.2 Å². The molecule has 1 amide bonds. The summed E-state index contributed by atoms with van der Waals surface area (Å²) < 4.78 is 38.1. The maximum absolute atomic E-state index is 12.7. The molecule has 9 heteroatoms. The maximum Gasteiger partial charge on any atom is 0.451 e. The van der Waals surface area contributed by atoms with Crippen molar-refractivity contribution < 1.29 is 18.0 Å². The number of amides is 1. The predicted molar refractivity (Wildman–Crippen MR) is 71.1 cm³/mol. The number of nitrogens with zero attached hydrogens (tertiary/aromatic N) is 4. The molecule has 1 aliphatic heterocycles. The second-order valence-corrected chi connectivity index (χ2v) is 5.10. The Bertz CT molecular complexity index is 538. The van der Waals surface area contributed by atoms with E-state index in [0.717, 1.165) is 0 Å². The molecule has 0 spiro atoms. The first-order valence-corrected chi connectivity index (χ1v) is 6.77. The number of hydrogen-bond donors (Lipinski definition) is 0. The van der Waals surface area contributed by atoms with Crippen LogP contribution in [0.15, 0.2) is 6.07 Å². The predicted octanol–water partition coefficient (Wildman–Crippen LogP) is 2.21. The molecule has 1 saturated heterocycles. The van der Waals surface area contributed by atoms with Gasteiger partial charge in [0.2, 0.25) is 11.7 Å². The van der Waals surface area contributed by atoms with Crippen LogP contribution in [0.25, 0.3) is 0 Å². The average Bonchev–Trinajstić information content (AvgIpc) is 2.62. The average molecular weight is 323 g/mol. The van der Waals surface area contributed by atoms with Crippen molar-refractivity contribution in [2.24, 2.45) is 0 Å². The molecular weight excluding hydrogens is 309 g/mol. The first kappa shape index (κ1) is 15.8. The number of carbonyl (C=O) groups excluding carboxylic acids is 1. The summed E-state index contributed by atoms with van der Waals surface area (Å²) in [5.41, 5.74) is 0. The maximum atomic E-state index is 12.7. The smallest absolute Gasteiger partial charge is 0.355 e. The van der Waals surface area contributed by atoms with E-state index in [1.807, 2.05) is 0 Å². The molecule has 0 saturated carbocycles. The first-order chi connectivity index (χ1) is 9.77. The van der Waals surface area contributed by atoms with Crippen LogP contribution < -0.4 is 4.90 Å². The first-order valence-electron chi connectivity index (χ1n) is 6.39. The summed E-state index contributed by atoms with van der Waals surface area (Å²) in [4.78, 5) is 21.4. The Labute approximate surface area is 124 Å². The van der Waals surface area contributed by atoms with Crippen LogP contribution in [0.2, 0.25) is 5.15 Å². The lowest BCUT2D eigenvalue weighted by Crippen LogP contribution is -2.34. The summed E-state index contributed by atoms with van der Waals surface area (Å²) in [5.74, 6) is -1.17. The minimum Gasteiger partial charge on any atom is -0.355 e. The van der Waals surface area contributed by atoms with Crippen LogP contribution in [0.3, 0.4) is 0 Å². The summed E-state index contributed by atoms with van der Waals surface area (Å²) in [5, 5.41) is -0.250. The van der Waals surface area contributed by atoms with Crippen LogP contribution in [0.5, 0.6) is 0 Å². The Morgan fingerprint density at radius 2 is 1.95 bits per heavy atom. The highest BCUT2D eigenvalue weighted by Gasteiger charge is 2.36. The number of alkyl halides is 3. The van der Waals surface area contributed by atoms with Crippen LogP contribution in [0.4, 0.5) is 19.0 Å². The molecule has 116 valence electrons. The van der Waals surface area contributed by atoms with Crippen molar-refractivity contribution in [1.29, 1.82) is 0 Å². The summed E-state index contributed by atoms with van der Waals surface area (Å²) >= 11 is 5.65. The molecule has 1 aromatic heterocycles. The summed E-state index contributed by atoms with van der Waals surface area (Å²) in [6.45, 7) is 3.41. The van der Waals surface area contributed by atoms with Crippen molar-refractivity contribution in [3.05, 3.63) is 17.0 Å². The van der Waals surface area contributed by atoms with E-state index in [0.29, 0.717) is 32.6 Å². The Kier molecular flexibility index (Phi) is 4.55. The fourth-order valence-electron chi connectivity index (χ4n) is 2.16. The molecule has 1 aromatic rings. The van der Waals surface area contributed by atoms with Crippen LogP contribution in [-0.2, 0) is 11.0 Å². The highest BCUT2D eigenvalue weighted by molar-refractivity contribution is 6.29. The standard InChI is InChI=1S/C12H14ClF3N4O/c1-8(21)19-3-2-4-20(6-5-19)10-7-9(13)17-11(18-10)12(14,15)16/h7H,2-6H2,1H3. The topological polar surface area (TPSA) is 49.3 Å². The molecule has 21 heavy (non-hydrogen) atoms. The van der Waals surface area contributed by atoms with E-state index in [2.05, 4.69) is 9.97 Å². The van der Waals surface area contributed by atoms with Gasteiger partial charge in [-0.1, -0.05) is 11.6 Å². The second kappa shape index (κ2) is 6.05. The molecule has 2 heterocycles. The Balaban J connectivity index is 2.22. The van der Waals surface area contributed by atoms with Gasteiger partial charge in [-0.25, -0.2) is 9.97 Å². The molecule has 0 bridgehead atoms. The third-order valence-electron chi connectivity index (χ3n) is 3.20. The zero-order valence-electron chi connectivity index (χ0n) is 11.3. The lowest BCUT2D eigenvalue weighted by Gasteiger charge is -2.22. The second-order valence-electron chi connectivity index (χ2n) is 4.72. The molecule has 1 aliphatic rings. The lowest BCUT2D eigenvalue weighted by atomic mass is 10.3. The SMILES string of the molecule is CC(=O)N1CCCN(c2cc(Cl)nc(C(F)(F)F)n2)CC1. The molecule has 0 N–H and O–H groups in total. The van der Waals surface area contributed by atoms with E-state index in [4.69, 9.17) is 11.6 Å². The van der Waals surface area contributed by atoms with Crippen LogP contribution in [0.1, 0.15) is 19.2 Å². The quantitative estimate of drug-likeness (QED) is 0.744. The van der Waals surface area contributed by atoms with Gasteiger partial charge < -0.3 is 9.80 Å². The Morgan fingerprint density at radius 1 is 1.24 bits per heavy atom. The third kappa shape index (κ3) is 3.96. The van der Waals surface area contributed by atoms with E-state index >= 15 is 0 Å². The van der Waals surface area contributed by atoms with Crippen molar-refractivity contribution in [2.75, 3.05) is 31.1 Å². The van der Waals surface area contributed by atoms with Crippen LogP contribution in [0, 0.1) is 0 Å². The minimum absolute atomic E-state index is 0.0476. The molecule has 0 aromatic carbocycles. The highest BCUT2D eigenvalue weighted by atomic mass is 35.5. The normalized spacial score (nSPS) is 16.8. The number of aromatic nitrogens is 2. The fraction of sp³-hybridized carbons (Fsp3) is 0.583. The van der Waals surface area contributed by atoms with Gasteiger partial charge in [0.05, 0.1) is 0 Å². The Hall–Kier alpha value is -1.57. The zero-order chi connectivity index (χ0) is 15.6. The Morgan fingerprint density at radius 3 is 2.57 bits per heavy atom.